The van der Waals surface area contributed by atoms with E-state index in [2.05, 4.69) is 10.0 Å². The van der Waals surface area contributed by atoms with Crippen molar-refractivity contribution in [2.24, 2.45) is 5.92 Å². The lowest BCUT2D eigenvalue weighted by atomic mass is 10.0. The summed E-state index contributed by atoms with van der Waals surface area (Å²) in [7, 11) is -3.81. The van der Waals surface area contributed by atoms with E-state index < -0.39 is 22.0 Å². The van der Waals surface area contributed by atoms with E-state index in [0.717, 1.165) is 11.1 Å². The molecule has 0 saturated heterocycles. The molecule has 0 aliphatic rings. The fourth-order valence-corrected chi connectivity index (χ4v) is 4.07. The molecule has 2 rings (SSSR count). The third-order valence-electron chi connectivity index (χ3n) is 4.10. The summed E-state index contributed by atoms with van der Waals surface area (Å²) in [5.74, 6) is -0.266. The van der Waals surface area contributed by atoms with Gasteiger partial charge in [-0.25, -0.2) is 8.42 Å². The van der Waals surface area contributed by atoms with Gasteiger partial charge in [-0.15, -0.1) is 0 Å². The van der Waals surface area contributed by atoms with Crippen molar-refractivity contribution in [3.63, 3.8) is 0 Å². The van der Waals surface area contributed by atoms with Crippen molar-refractivity contribution in [2.75, 3.05) is 5.32 Å². The number of hydrogen-bond donors (Lipinski definition) is 2. The third-order valence-corrected chi connectivity index (χ3v) is 5.82. The van der Waals surface area contributed by atoms with Crippen molar-refractivity contribution in [3.8, 4) is 0 Å². The van der Waals surface area contributed by atoms with Crippen molar-refractivity contribution in [3.05, 3.63) is 58.6 Å². The van der Waals surface area contributed by atoms with E-state index >= 15 is 0 Å². The molecule has 1 amide bonds. The van der Waals surface area contributed by atoms with Gasteiger partial charge in [0.25, 0.3) is 0 Å². The average Bonchev–Trinajstić information content (AvgIpc) is 2.56. The molecule has 7 heteroatoms. The van der Waals surface area contributed by atoms with Gasteiger partial charge in [-0.3, -0.25) is 4.79 Å². The van der Waals surface area contributed by atoms with Crippen LogP contribution < -0.4 is 10.0 Å². The van der Waals surface area contributed by atoms with Crippen LogP contribution in [0, 0.1) is 19.8 Å². The van der Waals surface area contributed by atoms with Gasteiger partial charge in [0.1, 0.15) is 6.04 Å². The molecule has 2 aromatic rings. The first-order chi connectivity index (χ1) is 12.6. The Balaban J connectivity index is 2.23. The molecule has 0 bridgehead atoms. The number of aryl methyl sites for hydroxylation is 2. The highest BCUT2D eigenvalue weighted by Gasteiger charge is 2.27. The Kier molecular flexibility index (Phi) is 7.03. The van der Waals surface area contributed by atoms with Crippen LogP contribution in [0.1, 0.15) is 31.4 Å². The molecular weight excluding hydrogens is 384 g/mol. The molecule has 146 valence electrons. The first-order valence-electron chi connectivity index (χ1n) is 8.74. The van der Waals surface area contributed by atoms with Gasteiger partial charge in [0.05, 0.1) is 4.90 Å². The van der Waals surface area contributed by atoms with E-state index in [1.807, 2.05) is 27.7 Å². The van der Waals surface area contributed by atoms with Crippen LogP contribution in [0.4, 0.5) is 5.69 Å². The topological polar surface area (TPSA) is 75.3 Å². The predicted molar refractivity (Wildman–Crippen MR) is 110 cm³/mol. The zero-order valence-corrected chi connectivity index (χ0v) is 17.5. The monoisotopic (exact) mass is 408 g/mol. The van der Waals surface area contributed by atoms with Crippen molar-refractivity contribution in [1.29, 1.82) is 0 Å². The standard InChI is InChI=1S/C20H25ClN2O3S/c1-13(2)11-19(20(24)22-18-10-7-16(21)12-15(18)4)23-27(25,26)17-8-5-14(3)6-9-17/h5-10,12-13,19,23H,11H2,1-4H3,(H,22,24). The van der Waals surface area contributed by atoms with Gasteiger partial charge in [0, 0.05) is 10.7 Å². The van der Waals surface area contributed by atoms with Crippen molar-refractivity contribution >= 4 is 33.2 Å². The number of halogens is 1. The zero-order valence-electron chi connectivity index (χ0n) is 15.9. The van der Waals surface area contributed by atoms with Crippen LogP contribution in [0.2, 0.25) is 5.02 Å². The maximum atomic E-state index is 12.8. The summed E-state index contributed by atoms with van der Waals surface area (Å²) in [4.78, 5) is 12.9. The van der Waals surface area contributed by atoms with E-state index in [4.69, 9.17) is 11.6 Å². The summed E-state index contributed by atoms with van der Waals surface area (Å²) < 4.78 is 27.9. The molecule has 0 aliphatic carbocycles. The van der Waals surface area contributed by atoms with Crippen LogP contribution in [0.3, 0.4) is 0 Å². The molecule has 27 heavy (non-hydrogen) atoms. The van der Waals surface area contributed by atoms with Crippen LogP contribution in [0.5, 0.6) is 0 Å². The number of amides is 1. The highest BCUT2D eigenvalue weighted by molar-refractivity contribution is 7.89. The molecule has 2 aromatic carbocycles. The minimum absolute atomic E-state index is 0.132. The van der Waals surface area contributed by atoms with Crippen LogP contribution in [-0.4, -0.2) is 20.4 Å². The van der Waals surface area contributed by atoms with Crippen molar-refractivity contribution < 1.29 is 13.2 Å². The summed E-state index contributed by atoms with van der Waals surface area (Å²) in [6.07, 6.45) is 0.379. The lowest BCUT2D eigenvalue weighted by molar-refractivity contribution is -0.118. The molecule has 0 spiro atoms. The number of carbonyl (C=O) groups is 1. The summed E-state index contributed by atoms with van der Waals surface area (Å²) in [6.45, 7) is 7.59. The normalized spacial score (nSPS) is 12.8. The Morgan fingerprint density at radius 3 is 2.26 bits per heavy atom. The first kappa shape index (κ1) is 21.4. The van der Waals surface area contributed by atoms with E-state index in [0.29, 0.717) is 17.1 Å². The molecule has 0 heterocycles. The molecule has 0 radical (unpaired) electrons. The number of nitrogens with one attached hydrogen (secondary N) is 2. The second kappa shape index (κ2) is 8.87. The lowest BCUT2D eigenvalue weighted by Crippen LogP contribution is -2.44. The highest BCUT2D eigenvalue weighted by Crippen LogP contribution is 2.21. The average molecular weight is 409 g/mol. The van der Waals surface area contributed by atoms with E-state index in [1.165, 1.54) is 12.1 Å². The van der Waals surface area contributed by atoms with Gasteiger partial charge in [-0.2, -0.15) is 4.72 Å². The maximum Gasteiger partial charge on any atom is 0.242 e. The smallest absolute Gasteiger partial charge is 0.242 e. The molecule has 0 fully saturated rings. The molecule has 1 unspecified atom stereocenters. The number of benzene rings is 2. The molecule has 0 aromatic heterocycles. The van der Waals surface area contributed by atoms with Gasteiger partial charge < -0.3 is 5.32 Å². The van der Waals surface area contributed by atoms with Gasteiger partial charge >= 0.3 is 0 Å². The van der Waals surface area contributed by atoms with E-state index in [-0.39, 0.29) is 10.8 Å². The van der Waals surface area contributed by atoms with Crippen LogP contribution in [0.25, 0.3) is 0 Å². The van der Waals surface area contributed by atoms with E-state index in [9.17, 15) is 13.2 Å². The Morgan fingerprint density at radius 1 is 1.07 bits per heavy atom. The fraction of sp³-hybridized carbons (Fsp3) is 0.350. The molecule has 0 saturated carbocycles. The third kappa shape index (κ3) is 6.06. The number of rotatable bonds is 7. The quantitative estimate of drug-likeness (QED) is 0.717. The van der Waals surface area contributed by atoms with Crippen LogP contribution in [-0.2, 0) is 14.8 Å². The summed E-state index contributed by atoms with van der Waals surface area (Å²) >= 11 is 5.95. The van der Waals surface area contributed by atoms with E-state index in [1.54, 1.807) is 30.3 Å². The Bertz CT molecular complexity index is 909. The first-order valence-corrected chi connectivity index (χ1v) is 10.6. The van der Waals surface area contributed by atoms with Gasteiger partial charge in [0.15, 0.2) is 0 Å². The van der Waals surface area contributed by atoms with Crippen LogP contribution >= 0.6 is 11.6 Å². The number of hydrogen-bond acceptors (Lipinski definition) is 3. The second-order valence-electron chi connectivity index (χ2n) is 7.06. The number of sulfonamides is 1. The Labute approximate surface area is 166 Å². The van der Waals surface area contributed by atoms with Crippen molar-refractivity contribution in [1.82, 2.24) is 4.72 Å². The largest absolute Gasteiger partial charge is 0.324 e. The maximum absolute atomic E-state index is 12.8. The summed E-state index contributed by atoms with van der Waals surface area (Å²) in [6, 6.07) is 10.8. The van der Waals surface area contributed by atoms with Gasteiger partial charge in [0.2, 0.25) is 15.9 Å². The Morgan fingerprint density at radius 2 is 1.70 bits per heavy atom. The lowest BCUT2D eigenvalue weighted by Gasteiger charge is -2.21. The SMILES string of the molecule is Cc1ccc(S(=O)(=O)NC(CC(C)C)C(=O)Nc2ccc(Cl)cc2C)cc1. The van der Waals surface area contributed by atoms with Crippen LogP contribution in [0.15, 0.2) is 47.4 Å². The minimum Gasteiger partial charge on any atom is -0.324 e. The molecule has 0 aliphatic heterocycles. The summed E-state index contributed by atoms with van der Waals surface area (Å²) in [5, 5.41) is 3.37. The molecule has 1 atom stereocenters. The predicted octanol–water partition coefficient (Wildman–Crippen LogP) is 4.29. The van der Waals surface area contributed by atoms with Gasteiger partial charge in [-0.05, 0) is 62.1 Å². The Hall–Kier alpha value is -1.89. The van der Waals surface area contributed by atoms with Crippen molar-refractivity contribution in [2.45, 2.75) is 45.1 Å². The fourth-order valence-electron chi connectivity index (χ4n) is 2.64. The molecule has 2 N–H and O–H groups in total. The zero-order chi connectivity index (χ0) is 20.2. The molecular formula is C20H25ClN2O3S. The second-order valence-corrected chi connectivity index (χ2v) is 9.22. The number of anilines is 1. The highest BCUT2D eigenvalue weighted by atomic mass is 35.5. The molecule has 5 nitrogen and oxygen atoms in total. The number of carbonyl (C=O) groups excluding carboxylic acids is 1. The minimum atomic E-state index is -3.81. The summed E-state index contributed by atoms with van der Waals surface area (Å²) in [5.41, 5.74) is 2.37. The van der Waals surface area contributed by atoms with Gasteiger partial charge in [-0.1, -0.05) is 43.1 Å².